The van der Waals surface area contributed by atoms with Crippen LogP contribution in [-0.4, -0.2) is 12.9 Å². The van der Waals surface area contributed by atoms with Crippen LogP contribution in [0.4, 0.5) is 0 Å². The Kier molecular flexibility index (Phi) is 4.31. The van der Waals surface area contributed by atoms with Crippen molar-refractivity contribution in [2.24, 2.45) is 0 Å². The van der Waals surface area contributed by atoms with E-state index in [9.17, 15) is 4.79 Å². The maximum Gasteiger partial charge on any atom is 0.203 e. The molecule has 0 atom stereocenters. The van der Waals surface area contributed by atoms with E-state index >= 15 is 0 Å². The molecule has 2 rings (SSSR count). The van der Waals surface area contributed by atoms with Crippen LogP contribution in [0.1, 0.15) is 15.9 Å². The molecule has 0 spiro atoms. The topological polar surface area (TPSA) is 50.1 Å². The van der Waals surface area contributed by atoms with Crippen LogP contribution in [-0.2, 0) is 0 Å². The van der Waals surface area contributed by atoms with Crippen LogP contribution in [0.5, 0.6) is 5.75 Å². The maximum absolute atomic E-state index is 12.2. The van der Waals surface area contributed by atoms with Gasteiger partial charge in [0.2, 0.25) is 5.78 Å². The summed E-state index contributed by atoms with van der Waals surface area (Å²) in [5.74, 6) is 0.381. The molecule has 0 unspecified atom stereocenters. The predicted octanol–water partition coefficient (Wildman–Crippen LogP) is 3.49. The molecule has 2 aromatic carbocycles. The summed E-state index contributed by atoms with van der Waals surface area (Å²) >= 11 is 0. The molecule has 0 aliphatic rings. The molecule has 0 saturated carbocycles. The number of ether oxygens (including phenoxy) is 1. The van der Waals surface area contributed by atoms with Crippen LogP contribution >= 0.6 is 0 Å². The van der Waals surface area contributed by atoms with Gasteiger partial charge in [-0.2, -0.15) is 5.26 Å². The second-order valence-electron chi connectivity index (χ2n) is 4.14. The molecule has 0 saturated heterocycles. The highest BCUT2D eigenvalue weighted by atomic mass is 16.5. The summed E-state index contributed by atoms with van der Waals surface area (Å²) in [6.45, 7) is 0. The molecular weight excluding hydrogens is 250 g/mol. The lowest BCUT2D eigenvalue weighted by Crippen LogP contribution is -2.01. The fraction of sp³-hybridized carbons (Fsp3) is 0.0588. The fourth-order valence-corrected chi connectivity index (χ4v) is 1.76. The van der Waals surface area contributed by atoms with Gasteiger partial charge in [-0.3, -0.25) is 4.79 Å². The average Bonchev–Trinajstić information content (AvgIpc) is 2.53. The van der Waals surface area contributed by atoms with Crippen LogP contribution in [0.25, 0.3) is 6.08 Å². The van der Waals surface area contributed by atoms with Crippen molar-refractivity contribution in [1.82, 2.24) is 0 Å². The average molecular weight is 263 g/mol. The number of hydrogen-bond donors (Lipinski definition) is 0. The summed E-state index contributed by atoms with van der Waals surface area (Å²) in [5.41, 5.74) is 1.40. The number of rotatable bonds is 4. The molecule has 0 radical (unpaired) electrons. The van der Waals surface area contributed by atoms with E-state index in [0.29, 0.717) is 11.3 Å². The van der Waals surface area contributed by atoms with E-state index in [0.717, 1.165) is 5.56 Å². The first-order valence-corrected chi connectivity index (χ1v) is 6.10. The van der Waals surface area contributed by atoms with Gasteiger partial charge in [0.1, 0.15) is 17.4 Å². The standard InChI is InChI=1S/C17H13NO2/c1-20-16-9-7-14(8-10-16)17(19)15(12-18)11-13-5-3-2-4-6-13/h2-11H,1H3/b15-11+. The van der Waals surface area contributed by atoms with Crippen molar-refractivity contribution in [1.29, 1.82) is 5.26 Å². The van der Waals surface area contributed by atoms with Crippen LogP contribution in [0, 0.1) is 11.3 Å². The van der Waals surface area contributed by atoms with E-state index in [-0.39, 0.29) is 11.4 Å². The molecule has 0 aromatic heterocycles. The zero-order valence-corrected chi connectivity index (χ0v) is 11.0. The number of nitriles is 1. The van der Waals surface area contributed by atoms with Crippen LogP contribution in [0.3, 0.4) is 0 Å². The van der Waals surface area contributed by atoms with E-state index in [1.807, 2.05) is 36.4 Å². The Balaban J connectivity index is 2.30. The van der Waals surface area contributed by atoms with Gasteiger partial charge in [-0.05, 0) is 35.9 Å². The third-order valence-corrected chi connectivity index (χ3v) is 2.83. The number of ketones is 1. The molecule has 20 heavy (non-hydrogen) atoms. The largest absolute Gasteiger partial charge is 0.497 e. The van der Waals surface area contributed by atoms with Crippen molar-refractivity contribution in [3.8, 4) is 11.8 Å². The Bertz CT molecular complexity index is 664. The van der Waals surface area contributed by atoms with Gasteiger partial charge in [0.15, 0.2) is 0 Å². The molecule has 3 heteroatoms. The molecule has 0 fully saturated rings. The summed E-state index contributed by atoms with van der Waals surface area (Å²) in [5, 5.41) is 9.16. The van der Waals surface area contributed by atoms with Gasteiger partial charge in [0.05, 0.1) is 7.11 Å². The van der Waals surface area contributed by atoms with Crippen molar-refractivity contribution in [3.05, 3.63) is 71.3 Å². The summed E-state index contributed by atoms with van der Waals surface area (Å²) in [6.07, 6.45) is 1.59. The zero-order valence-electron chi connectivity index (χ0n) is 11.0. The SMILES string of the molecule is COc1ccc(C(=O)/C(C#N)=C/c2ccccc2)cc1. The third-order valence-electron chi connectivity index (χ3n) is 2.83. The molecule has 3 nitrogen and oxygen atoms in total. The Hall–Kier alpha value is -2.86. The Morgan fingerprint density at radius 1 is 1.10 bits per heavy atom. The van der Waals surface area contributed by atoms with E-state index in [1.54, 1.807) is 37.5 Å². The lowest BCUT2D eigenvalue weighted by atomic mass is 10.0. The van der Waals surface area contributed by atoms with E-state index in [2.05, 4.69) is 0 Å². The fourth-order valence-electron chi connectivity index (χ4n) is 1.76. The molecule has 0 amide bonds. The van der Waals surface area contributed by atoms with Crippen LogP contribution in [0.15, 0.2) is 60.2 Å². The summed E-state index contributed by atoms with van der Waals surface area (Å²) in [6, 6.07) is 18.0. The van der Waals surface area contributed by atoms with E-state index in [1.165, 1.54) is 0 Å². The monoisotopic (exact) mass is 263 g/mol. The molecule has 0 bridgehead atoms. The van der Waals surface area contributed by atoms with Crippen LogP contribution in [0.2, 0.25) is 0 Å². The first kappa shape index (κ1) is 13.6. The highest BCUT2D eigenvalue weighted by Gasteiger charge is 2.12. The summed E-state index contributed by atoms with van der Waals surface area (Å²) in [7, 11) is 1.56. The first-order valence-electron chi connectivity index (χ1n) is 6.10. The van der Waals surface area contributed by atoms with E-state index < -0.39 is 0 Å². The number of hydrogen-bond acceptors (Lipinski definition) is 3. The number of allylic oxidation sites excluding steroid dienone is 1. The molecule has 0 heterocycles. The minimum Gasteiger partial charge on any atom is -0.497 e. The minimum absolute atomic E-state index is 0.112. The van der Waals surface area contributed by atoms with E-state index in [4.69, 9.17) is 10.00 Å². The molecule has 2 aromatic rings. The normalized spacial score (nSPS) is 10.7. The van der Waals surface area contributed by atoms with Gasteiger partial charge in [-0.1, -0.05) is 30.3 Å². The second-order valence-corrected chi connectivity index (χ2v) is 4.14. The molecule has 0 N–H and O–H groups in total. The van der Waals surface area contributed by atoms with Crippen LogP contribution < -0.4 is 4.74 Å². The smallest absolute Gasteiger partial charge is 0.203 e. The summed E-state index contributed by atoms with van der Waals surface area (Å²) < 4.78 is 5.04. The molecule has 0 aliphatic heterocycles. The Labute approximate surface area is 117 Å². The first-order chi connectivity index (χ1) is 9.74. The van der Waals surface area contributed by atoms with Crippen molar-refractivity contribution < 1.29 is 9.53 Å². The molecule has 0 aliphatic carbocycles. The van der Waals surface area contributed by atoms with Gasteiger partial charge in [-0.15, -0.1) is 0 Å². The highest BCUT2D eigenvalue weighted by Crippen LogP contribution is 2.16. The lowest BCUT2D eigenvalue weighted by Gasteiger charge is -2.02. The minimum atomic E-state index is -0.293. The predicted molar refractivity (Wildman–Crippen MR) is 77.4 cm³/mol. The lowest BCUT2D eigenvalue weighted by molar-refractivity contribution is 0.104. The van der Waals surface area contributed by atoms with Gasteiger partial charge < -0.3 is 4.74 Å². The number of carbonyl (C=O) groups is 1. The van der Waals surface area contributed by atoms with Crippen molar-refractivity contribution in [3.63, 3.8) is 0 Å². The van der Waals surface area contributed by atoms with Gasteiger partial charge >= 0.3 is 0 Å². The van der Waals surface area contributed by atoms with Crippen molar-refractivity contribution in [2.75, 3.05) is 7.11 Å². The Morgan fingerprint density at radius 3 is 2.30 bits per heavy atom. The number of nitrogens with zero attached hydrogens (tertiary/aromatic N) is 1. The van der Waals surface area contributed by atoms with Gasteiger partial charge in [-0.25, -0.2) is 0 Å². The third kappa shape index (κ3) is 3.12. The van der Waals surface area contributed by atoms with Gasteiger partial charge in [0.25, 0.3) is 0 Å². The maximum atomic E-state index is 12.2. The second kappa shape index (κ2) is 6.35. The Morgan fingerprint density at radius 2 is 1.75 bits per heavy atom. The molecular formula is C17H13NO2. The highest BCUT2D eigenvalue weighted by molar-refractivity contribution is 6.14. The van der Waals surface area contributed by atoms with Crippen molar-refractivity contribution >= 4 is 11.9 Å². The number of benzene rings is 2. The number of methoxy groups -OCH3 is 1. The quantitative estimate of drug-likeness (QED) is 0.482. The zero-order chi connectivity index (χ0) is 14.4. The molecule has 98 valence electrons. The van der Waals surface area contributed by atoms with Gasteiger partial charge in [0, 0.05) is 5.56 Å². The van der Waals surface area contributed by atoms with Crippen molar-refractivity contribution in [2.45, 2.75) is 0 Å². The summed E-state index contributed by atoms with van der Waals surface area (Å²) in [4.78, 5) is 12.2. The number of carbonyl (C=O) groups excluding carboxylic acids is 1. The number of Topliss-reactive ketones (excluding diaryl/α,β-unsaturated/α-hetero) is 1.